The molecule has 0 aliphatic carbocycles. The van der Waals surface area contributed by atoms with E-state index >= 15 is 0 Å². The van der Waals surface area contributed by atoms with Crippen LogP contribution in [0.5, 0.6) is 0 Å². The van der Waals surface area contributed by atoms with Crippen molar-refractivity contribution < 1.29 is 61.7 Å². The SMILES string of the molecule is COC(=O)NC(=N)Nc1ccc(C(=O)NCC(=O)N2CCN(CC(=O)O)C(=O)C2CCCNC(=O)c2ccc(NC(=N)N)cc2)cc1.O=C(O)C(F)(F)F. The molecule has 1 fully saturated rings. The van der Waals surface area contributed by atoms with Crippen LogP contribution in [0.2, 0.25) is 0 Å². The van der Waals surface area contributed by atoms with E-state index in [0.29, 0.717) is 16.9 Å². The molecule has 1 heterocycles. The highest BCUT2D eigenvalue weighted by Crippen LogP contribution is 2.17. The van der Waals surface area contributed by atoms with Crippen LogP contribution in [0.15, 0.2) is 48.5 Å². The number of ether oxygens (including phenoxy) is 1. The van der Waals surface area contributed by atoms with E-state index in [9.17, 15) is 47.0 Å². The number of amides is 5. The number of alkyl carbamates (subject to hydrolysis) is 1. The number of alkyl halides is 3. The van der Waals surface area contributed by atoms with Crippen LogP contribution in [0.1, 0.15) is 33.6 Å². The van der Waals surface area contributed by atoms with E-state index in [4.69, 9.17) is 26.5 Å². The summed E-state index contributed by atoms with van der Waals surface area (Å²) >= 11 is 0. The minimum atomic E-state index is -5.08. The van der Waals surface area contributed by atoms with Gasteiger partial charge in [0.1, 0.15) is 12.6 Å². The van der Waals surface area contributed by atoms with Crippen molar-refractivity contribution in [2.45, 2.75) is 25.1 Å². The van der Waals surface area contributed by atoms with Crippen molar-refractivity contribution in [3.05, 3.63) is 59.7 Å². The monoisotopic (exact) mass is 766 g/mol. The van der Waals surface area contributed by atoms with Crippen molar-refractivity contribution in [2.24, 2.45) is 5.73 Å². The number of rotatable bonds is 12. The molecule has 0 saturated carbocycles. The van der Waals surface area contributed by atoms with Crippen LogP contribution >= 0.6 is 0 Å². The average molecular weight is 767 g/mol. The summed E-state index contributed by atoms with van der Waals surface area (Å²) in [4.78, 5) is 85.5. The summed E-state index contributed by atoms with van der Waals surface area (Å²) in [6, 6.07) is 11.1. The van der Waals surface area contributed by atoms with Gasteiger partial charge in [0.05, 0.1) is 13.7 Å². The number of hydrogen-bond donors (Lipinski definition) is 10. The van der Waals surface area contributed by atoms with E-state index < -0.39 is 61.1 Å². The fourth-order valence-electron chi connectivity index (χ4n) is 4.59. The first-order valence-corrected chi connectivity index (χ1v) is 15.5. The Labute approximate surface area is 304 Å². The molecule has 54 heavy (non-hydrogen) atoms. The predicted molar refractivity (Wildman–Crippen MR) is 183 cm³/mol. The van der Waals surface area contributed by atoms with Gasteiger partial charge in [-0.15, -0.1) is 0 Å². The number of piperazine rings is 1. The maximum atomic E-state index is 13.2. The topological polar surface area (TPSA) is 310 Å². The van der Waals surface area contributed by atoms with Crippen LogP contribution in [0.25, 0.3) is 0 Å². The summed E-state index contributed by atoms with van der Waals surface area (Å²) in [5, 5.41) is 43.9. The zero-order valence-corrected chi connectivity index (χ0v) is 28.4. The van der Waals surface area contributed by atoms with Crippen molar-refractivity contribution in [3.8, 4) is 0 Å². The van der Waals surface area contributed by atoms with Gasteiger partial charge in [0.2, 0.25) is 17.8 Å². The number of carboxylic acid groups (broad SMARTS) is 2. The summed E-state index contributed by atoms with van der Waals surface area (Å²) in [5.41, 5.74) is 6.79. The van der Waals surface area contributed by atoms with Crippen LogP contribution < -0.4 is 32.3 Å². The molecular formula is C31H37F3N10O10. The van der Waals surface area contributed by atoms with Crippen molar-refractivity contribution in [3.63, 3.8) is 0 Å². The molecule has 3 rings (SSSR count). The molecule has 1 aliphatic heterocycles. The number of anilines is 2. The Balaban J connectivity index is 0.00000131. The fraction of sp³-hybridized carbons (Fsp3) is 0.323. The molecule has 2 aromatic rings. The zero-order valence-electron chi connectivity index (χ0n) is 28.4. The fourth-order valence-corrected chi connectivity index (χ4v) is 4.59. The lowest BCUT2D eigenvalue weighted by molar-refractivity contribution is -0.192. The third-order valence-corrected chi connectivity index (χ3v) is 7.07. The largest absolute Gasteiger partial charge is 0.490 e. The first-order chi connectivity index (χ1) is 25.3. The molecule has 2 aromatic carbocycles. The number of carboxylic acids is 2. The number of halogens is 3. The number of carbonyl (C=O) groups excluding carboxylic acids is 5. The second-order valence-electron chi connectivity index (χ2n) is 11.0. The van der Waals surface area contributed by atoms with Gasteiger partial charge in [-0.05, 0) is 61.4 Å². The summed E-state index contributed by atoms with van der Waals surface area (Å²) in [6.07, 6.45) is -5.49. The number of hydrogen-bond acceptors (Lipinski definition) is 10. The number of aliphatic carboxylic acids is 2. The first kappa shape index (κ1) is 43.2. The van der Waals surface area contributed by atoms with Crippen LogP contribution in [0.4, 0.5) is 29.3 Å². The maximum absolute atomic E-state index is 13.2. The standard InChI is InChI=1S/C29H36N10O8.C2HF3O2/c1-47-29(46)37-28(32)36-20-10-6-18(7-11-20)25(44)34-15-22(40)39-14-13-38(16-23(41)42)26(45)21(39)3-2-12-33-24(43)17-4-8-19(9-5-17)35-27(30)31;3-2(4,5)1(6)7/h4-11,21H,2-3,12-16H2,1H3,(H,33,43)(H,34,44)(H,41,42)(H4,30,31,35)(H3,32,36,37,46);(H,6,7). The van der Waals surface area contributed by atoms with Crippen LogP contribution in [0.3, 0.4) is 0 Å². The summed E-state index contributed by atoms with van der Waals surface area (Å²) < 4.78 is 36.1. The number of guanidine groups is 2. The molecular weight excluding hydrogens is 729 g/mol. The van der Waals surface area contributed by atoms with E-state index in [1.54, 1.807) is 24.3 Å². The molecule has 292 valence electrons. The Hall–Kier alpha value is -6.94. The normalized spacial score (nSPS) is 13.6. The van der Waals surface area contributed by atoms with E-state index in [0.717, 1.165) is 12.0 Å². The molecule has 0 aromatic heterocycles. The lowest BCUT2D eigenvalue weighted by Crippen LogP contribution is -2.60. The molecule has 20 nitrogen and oxygen atoms in total. The quantitative estimate of drug-likeness (QED) is 0.0795. The first-order valence-electron chi connectivity index (χ1n) is 15.5. The molecule has 1 aliphatic rings. The zero-order chi connectivity index (χ0) is 40.6. The molecule has 0 radical (unpaired) electrons. The van der Waals surface area contributed by atoms with Gasteiger partial charge in [0.15, 0.2) is 5.96 Å². The number of carbonyl (C=O) groups is 7. The van der Waals surface area contributed by atoms with Crippen molar-refractivity contribution in [2.75, 3.05) is 50.5 Å². The van der Waals surface area contributed by atoms with Gasteiger partial charge in [0, 0.05) is 42.1 Å². The van der Waals surface area contributed by atoms with Crippen LogP contribution in [-0.4, -0.2) is 126 Å². The summed E-state index contributed by atoms with van der Waals surface area (Å²) in [6.45, 7) is -0.738. The van der Waals surface area contributed by atoms with Crippen molar-refractivity contribution in [1.82, 2.24) is 25.8 Å². The van der Waals surface area contributed by atoms with Gasteiger partial charge in [-0.1, -0.05) is 0 Å². The van der Waals surface area contributed by atoms with Crippen molar-refractivity contribution >= 4 is 65.0 Å². The van der Waals surface area contributed by atoms with Gasteiger partial charge >= 0.3 is 24.2 Å². The molecule has 0 bridgehead atoms. The summed E-state index contributed by atoms with van der Waals surface area (Å²) in [7, 11) is 1.15. The minimum Gasteiger partial charge on any atom is -0.480 e. The van der Waals surface area contributed by atoms with E-state index in [1.807, 2.05) is 0 Å². The second-order valence-corrected chi connectivity index (χ2v) is 11.0. The Morgan fingerprint density at radius 1 is 0.889 bits per heavy atom. The third-order valence-electron chi connectivity index (χ3n) is 7.07. The predicted octanol–water partition coefficient (Wildman–Crippen LogP) is 0.392. The Bertz CT molecular complexity index is 1720. The van der Waals surface area contributed by atoms with Gasteiger partial charge in [-0.2, -0.15) is 13.2 Å². The lowest BCUT2D eigenvalue weighted by atomic mass is 10.0. The number of nitrogens with zero attached hydrogens (tertiary/aromatic N) is 2. The molecule has 0 spiro atoms. The summed E-state index contributed by atoms with van der Waals surface area (Å²) in [5.74, 6) is -6.59. The lowest BCUT2D eigenvalue weighted by Gasteiger charge is -2.40. The second kappa shape index (κ2) is 20.2. The highest BCUT2D eigenvalue weighted by molar-refractivity contribution is 6.01. The smallest absolute Gasteiger partial charge is 0.480 e. The third kappa shape index (κ3) is 14.4. The molecule has 11 N–H and O–H groups in total. The van der Waals surface area contributed by atoms with Gasteiger partial charge in [-0.25, -0.2) is 9.59 Å². The number of benzene rings is 2. The number of methoxy groups -OCH3 is 1. The Morgan fingerprint density at radius 3 is 1.89 bits per heavy atom. The molecule has 5 amide bonds. The van der Waals surface area contributed by atoms with Crippen LogP contribution in [-0.2, 0) is 23.9 Å². The van der Waals surface area contributed by atoms with Gasteiger partial charge < -0.3 is 51.8 Å². The van der Waals surface area contributed by atoms with Gasteiger partial charge in [0.25, 0.3) is 11.8 Å². The Kier molecular flexibility index (Phi) is 16.2. The molecule has 1 unspecified atom stereocenters. The Morgan fingerprint density at radius 2 is 1.41 bits per heavy atom. The van der Waals surface area contributed by atoms with Crippen LogP contribution in [0, 0.1) is 10.8 Å². The average Bonchev–Trinajstić information content (AvgIpc) is 3.10. The van der Waals surface area contributed by atoms with Gasteiger partial charge in [-0.3, -0.25) is 40.1 Å². The number of nitrogens with two attached hydrogens (primary N) is 1. The highest BCUT2D eigenvalue weighted by atomic mass is 19.4. The highest BCUT2D eigenvalue weighted by Gasteiger charge is 2.39. The molecule has 1 atom stereocenters. The minimum absolute atomic E-state index is 0.000833. The van der Waals surface area contributed by atoms with E-state index in [1.165, 1.54) is 29.2 Å². The van der Waals surface area contributed by atoms with E-state index in [2.05, 4.69) is 31.3 Å². The van der Waals surface area contributed by atoms with E-state index in [-0.39, 0.29) is 55.9 Å². The number of nitrogens with one attached hydrogen (secondary N) is 7. The maximum Gasteiger partial charge on any atom is 0.490 e. The van der Waals surface area contributed by atoms with Crippen molar-refractivity contribution in [1.29, 1.82) is 10.8 Å². The molecule has 1 saturated heterocycles. The molecule has 23 heteroatoms.